The van der Waals surface area contributed by atoms with Crippen molar-refractivity contribution in [3.8, 4) is 0 Å². The third-order valence-corrected chi connectivity index (χ3v) is 5.38. The van der Waals surface area contributed by atoms with Gasteiger partial charge >= 0.3 is 0 Å². The number of piperazine rings is 1. The van der Waals surface area contributed by atoms with Crippen LogP contribution in [0.2, 0.25) is 0 Å². The summed E-state index contributed by atoms with van der Waals surface area (Å²) >= 11 is 0. The molecule has 4 rings (SSSR count). The van der Waals surface area contributed by atoms with Gasteiger partial charge in [0.05, 0.1) is 11.7 Å². The van der Waals surface area contributed by atoms with Crippen LogP contribution in [0.15, 0.2) is 54.9 Å². The number of nitrogens with zero attached hydrogens (tertiary/aromatic N) is 4. The lowest BCUT2D eigenvalue weighted by atomic mass is 10.1. The van der Waals surface area contributed by atoms with Crippen LogP contribution in [-0.2, 0) is 13.1 Å². The van der Waals surface area contributed by atoms with Crippen LogP contribution in [0.4, 0.5) is 5.69 Å². The van der Waals surface area contributed by atoms with Crippen molar-refractivity contribution >= 4 is 11.2 Å². The van der Waals surface area contributed by atoms with Crippen LogP contribution in [-0.4, -0.2) is 47.2 Å². The molecule has 0 radical (unpaired) electrons. The summed E-state index contributed by atoms with van der Waals surface area (Å²) in [6.45, 7) is 9.74. The summed E-state index contributed by atoms with van der Waals surface area (Å²) in [7, 11) is 0. The van der Waals surface area contributed by atoms with E-state index in [0.29, 0.717) is 0 Å². The molecular weight excluding hydrogens is 334 g/mol. The SMILES string of the molecule is CCCN1CCN(c2ccccc2CNCc2cnn3ccccc23)CC1. The maximum atomic E-state index is 4.42. The molecule has 3 aromatic rings. The van der Waals surface area contributed by atoms with Gasteiger partial charge in [-0.2, -0.15) is 5.10 Å². The number of nitrogens with one attached hydrogen (secondary N) is 1. The average Bonchev–Trinajstić information content (AvgIpc) is 3.13. The second-order valence-corrected chi connectivity index (χ2v) is 7.26. The van der Waals surface area contributed by atoms with Gasteiger partial charge in [0.15, 0.2) is 0 Å². The molecule has 1 aliphatic rings. The third-order valence-electron chi connectivity index (χ3n) is 5.38. The quantitative estimate of drug-likeness (QED) is 0.699. The van der Waals surface area contributed by atoms with Crippen LogP contribution in [0.25, 0.3) is 5.52 Å². The highest BCUT2D eigenvalue weighted by Crippen LogP contribution is 2.22. The minimum absolute atomic E-state index is 0.826. The summed E-state index contributed by atoms with van der Waals surface area (Å²) in [5.41, 5.74) is 5.16. The molecule has 5 nitrogen and oxygen atoms in total. The zero-order valence-corrected chi connectivity index (χ0v) is 16.1. The number of anilines is 1. The fourth-order valence-electron chi connectivity index (χ4n) is 3.95. The molecule has 0 saturated carbocycles. The maximum Gasteiger partial charge on any atom is 0.0706 e. The van der Waals surface area contributed by atoms with Crippen molar-refractivity contribution < 1.29 is 0 Å². The van der Waals surface area contributed by atoms with Crippen LogP contribution in [0, 0.1) is 0 Å². The van der Waals surface area contributed by atoms with Gasteiger partial charge in [0.1, 0.15) is 0 Å². The predicted molar refractivity (Wildman–Crippen MR) is 111 cm³/mol. The highest BCUT2D eigenvalue weighted by Gasteiger charge is 2.18. The highest BCUT2D eigenvalue weighted by molar-refractivity contribution is 5.55. The Morgan fingerprint density at radius 3 is 2.56 bits per heavy atom. The highest BCUT2D eigenvalue weighted by atomic mass is 15.3. The molecule has 0 spiro atoms. The van der Waals surface area contributed by atoms with Crippen LogP contribution in [0.3, 0.4) is 0 Å². The molecule has 142 valence electrons. The molecule has 0 aliphatic carbocycles. The molecular formula is C22H29N5. The van der Waals surface area contributed by atoms with Gasteiger partial charge in [0.2, 0.25) is 0 Å². The molecule has 3 heterocycles. The Morgan fingerprint density at radius 1 is 0.926 bits per heavy atom. The zero-order valence-electron chi connectivity index (χ0n) is 16.1. The first-order valence-electron chi connectivity index (χ1n) is 10.0. The fraction of sp³-hybridized carbons (Fsp3) is 0.409. The Balaban J connectivity index is 1.38. The predicted octanol–water partition coefficient (Wildman–Crippen LogP) is 3.16. The van der Waals surface area contributed by atoms with Crippen molar-refractivity contribution in [2.45, 2.75) is 26.4 Å². The van der Waals surface area contributed by atoms with E-state index in [4.69, 9.17) is 0 Å². The van der Waals surface area contributed by atoms with Crippen molar-refractivity contribution in [3.05, 3.63) is 66.0 Å². The molecule has 27 heavy (non-hydrogen) atoms. The van der Waals surface area contributed by atoms with Gasteiger partial charge in [-0.15, -0.1) is 0 Å². The number of aromatic nitrogens is 2. The van der Waals surface area contributed by atoms with Crippen molar-refractivity contribution in [1.29, 1.82) is 0 Å². The molecule has 0 atom stereocenters. The average molecular weight is 364 g/mol. The molecule has 0 amide bonds. The lowest BCUT2D eigenvalue weighted by Gasteiger charge is -2.37. The Morgan fingerprint density at radius 2 is 1.70 bits per heavy atom. The topological polar surface area (TPSA) is 35.8 Å². The van der Waals surface area contributed by atoms with E-state index in [1.54, 1.807) is 0 Å². The molecule has 1 fully saturated rings. The van der Waals surface area contributed by atoms with Crippen molar-refractivity contribution in [1.82, 2.24) is 19.8 Å². The van der Waals surface area contributed by atoms with E-state index in [1.807, 2.05) is 23.0 Å². The fourth-order valence-corrected chi connectivity index (χ4v) is 3.95. The summed E-state index contributed by atoms with van der Waals surface area (Å²) in [6.07, 6.45) is 5.19. The number of pyridine rings is 1. The van der Waals surface area contributed by atoms with Crippen molar-refractivity contribution in [2.75, 3.05) is 37.6 Å². The summed E-state index contributed by atoms with van der Waals surface area (Å²) < 4.78 is 1.93. The van der Waals surface area contributed by atoms with E-state index in [2.05, 4.69) is 63.5 Å². The Hall–Kier alpha value is -2.37. The van der Waals surface area contributed by atoms with E-state index in [9.17, 15) is 0 Å². The molecule has 1 aliphatic heterocycles. The third kappa shape index (κ3) is 4.15. The Bertz CT molecular complexity index is 864. The van der Waals surface area contributed by atoms with Crippen molar-refractivity contribution in [3.63, 3.8) is 0 Å². The van der Waals surface area contributed by atoms with E-state index >= 15 is 0 Å². The number of benzene rings is 1. The molecule has 5 heteroatoms. The first-order chi connectivity index (χ1) is 13.3. The van der Waals surface area contributed by atoms with Crippen LogP contribution in [0.1, 0.15) is 24.5 Å². The lowest BCUT2D eigenvalue weighted by Crippen LogP contribution is -2.46. The summed E-state index contributed by atoms with van der Waals surface area (Å²) in [5, 5.41) is 8.04. The van der Waals surface area contributed by atoms with Crippen LogP contribution < -0.4 is 10.2 Å². The first kappa shape index (κ1) is 18.0. The van der Waals surface area contributed by atoms with Gasteiger partial charge in [0, 0.05) is 56.7 Å². The molecule has 1 aromatic carbocycles. The molecule has 1 N–H and O–H groups in total. The smallest absolute Gasteiger partial charge is 0.0706 e. The molecule has 0 unspecified atom stereocenters. The molecule has 1 saturated heterocycles. The number of rotatable bonds is 7. The summed E-state index contributed by atoms with van der Waals surface area (Å²) in [6, 6.07) is 15.0. The number of hydrogen-bond acceptors (Lipinski definition) is 4. The van der Waals surface area contributed by atoms with E-state index in [-0.39, 0.29) is 0 Å². The van der Waals surface area contributed by atoms with Crippen LogP contribution in [0.5, 0.6) is 0 Å². The number of fused-ring (bicyclic) bond motifs is 1. The minimum atomic E-state index is 0.826. The Kier molecular flexibility index (Phi) is 5.70. The summed E-state index contributed by atoms with van der Waals surface area (Å²) in [4.78, 5) is 5.11. The Labute approximate surface area is 161 Å². The monoisotopic (exact) mass is 363 g/mol. The number of hydrogen-bond donors (Lipinski definition) is 1. The maximum absolute atomic E-state index is 4.42. The van der Waals surface area contributed by atoms with E-state index in [0.717, 1.165) is 39.3 Å². The molecule has 2 aromatic heterocycles. The summed E-state index contributed by atoms with van der Waals surface area (Å²) in [5.74, 6) is 0. The van der Waals surface area contributed by atoms with Gasteiger partial charge in [-0.1, -0.05) is 31.2 Å². The van der Waals surface area contributed by atoms with Gasteiger partial charge in [-0.3, -0.25) is 4.90 Å². The number of para-hydroxylation sites is 1. The van der Waals surface area contributed by atoms with E-state index < -0.39 is 0 Å². The zero-order chi connectivity index (χ0) is 18.5. The van der Waals surface area contributed by atoms with Gasteiger partial charge in [-0.05, 0) is 36.7 Å². The standard InChI is InChI=1S/C22H29N5/c1-2-10-25-12-14-26(15-13-25)21-8-4-3-7-19(21)16-23-17-20-18-24-27-11-6-5-9-22(20)27/h3-9,11,18,23H,2,10,12-17H2,1H3. The largest absolute Gasteiger partial charge is 0.369 e. The van der Waals surface area contributed by atoms with Crippen LogP contribution >= 0.6 is 0 Å². The minimum Gasteiger partial charge on any atom is -0.369 e. The normalized spacial score (nSPS) is 15.5. The molecule has 0 bridgehead atoms. The van der Waals surface area contributed by atoms with E-state index in [1.165, 1.54) is 35.3 Å². The first-order valence-corrected chi connectivity index (χ1v) is 10.0. The van der Waals surface area contributed by atoms with Gasteiger partial charge in [-0.25, -0.2) is 4.52 Å². The lowest BCUT2D eigenvalue weighted by molar-refractivity contribution is 0.258. The second-order valence-electron chi connectivity index (χ2n) is 7.26. The van der Waals surface area contributed by atoms with Crippen molar-refractivity contribution in [2.24, 2.45) is 0 Å². The van der Waals surface area contributed by atoms with Gasteiger partial charge in [0.25, 0.3) is 0 Å². The van der Waals surface area contributed by atoms with Gasteiger partial charge < -0.3 is 10.2 Å². The second kappa shape index (κ2) is 8.55.